The van der Waals surface area contributed by atoms with Gasteiger partial charge in [-0.3, -0.25) is 10.5 Å². The summed E-state index contributed by atoms with van der Waals surface area (Å²) in [5, 5.41) is 0. The van der Waals surface area contributed by atoms with E-state index in [0.717, 1.165) is 6.42 Å². The number of carbonyl (C=O) groups is 1. The van der Waals surface area contributed by atoms with E-state index in [1.165, 1.54) is 0 Å². The second-order valence-corrected chi connectivity index (χ2v) is 2.57. The van der Waals surface area contributed by atoms with Crippen molar-refractivity contribution in [2.24, 2.45) is 5.41 Å². The third kappa shape index (κ3) is 1.52. The van der Waals surface area contributed by atoms with Gasteiger partial charge in [0, 0.05) is 5.41 Å². The lowest BCUT2D eigenvalue weighted by atomic mass is 9.90. The molecule has 0 aliphatic rings. The normalized spacial score (nSPS) is 11.4. The average molecular weight is 114 g/mol. The highest BCUT2D eigenvalue weighted by atomic mass is 16.1. The van der Waals surface area contributed by atoms with E-state index < -0.39 is 11.3 Å². The summed E-state index contributed by atoms with van der Waals surface area (Å²) in [7, 11) is 0. The molecule has 2 heteroatoms. The third-order valence-corrected chi connectivity index (χ3v) is 1.50. The fourth-order valence-electron chi connectivity index (χ4n) is 0.161. The molecule has 1 amide bonds. The van der Waals surface area contributed by atoms with Crippen LogP contribution in [-0.2, 0) is 4.79 Å². The fraction of sp³-hybridized carbons (Fsp3) is 0.833. The average Bonchev–Trinajstić information content (AvgIpc) is 1.67. The van der Waals surface area contributed by atoms with Crippen molar-refractivity contribution in [3.8, 4) is 0 Å². The number of rotatable bonds is 2. The summed E-state index contributed by atoms with van der Waals surface area (Å²) in [6.07, 6.45) is 0.745. The minimum absolute atomic E-state index is 0.431. The van der Waals surface area contributed by atoms with E-state index in [1.807, 2.05) is 6.92 Å². The first-order valence-corrected chi connectivity index (χ1v) is 2.76. The maximum Gasteiger partial charge on any atom is 0.244 e. The van der Waals surface area contributed by atoms with Gasteiger partial charge in [0.15, 0.2) is 0 Å². The molecule has 0 saturated heterocycles. The van der Waals surface area contributed by atoms with Crippen LogP contribution >= 0.6 is 0 Å². The summed E-state index contributed by atoms with van der Waals surface area (Å²) in [5.74, 6) is -0.472. The minimum Gasteiger partial charge on any atom is -0.273 e. The highest BCUT2D eigenvalue weighted by molar-refractivity contribution is 5.78. The molecule has 1 radical (unpaired) electrons. The van der Waals surface area contributed by atoms with E-state index in [0.29, 0.717) is 0 Å². The summed E-state index contributed by atoms with van der Waals surface area (Å²) in [5.41, 5.74) is 6.31. The van der Waals surface area contributed by atoms with Gasteiger partial charge in [-0.2, -0.15) is 0 Å². The molecular weight excluding hydrogens is 102 g/mol. The molecule has 0 spiro atoms. The highest BCUT2D eigenvalue weighted by Crippen LogP contribution is 2.18. The Balaban J connectivity index is 3.91. The molecule has 0 aliphatic carbocycles. The van der Waals surface area contributed by atoms with Gasteiger partial charge in [0.25, 0.3) is 0 Å². The summed E-state index contributed by atoms with van der Waals surface area (Å²) in [6.45, 7) is 5.47. The molecule has 0 aromatic carbocycles. The van der Waals surface area contributed by atoms with Crippen LogP contribution in [0.5, 0.6) is 0 Å². The summed E-state index contributed by atoms with van der Waals surface area (Å²) >= 11 is 0. The van der Waals surface area contributed by atoms with Crippen LogP contribution in [0.25, 0.3) is 0 Å². The van der Waals surface area contributed by atoms with Crippen LogP contribution in [0.1, 0.15) is 27.2 Å². The zero-order valence-electron chi connectivity index (χ0n) is 5.62. The molecule has 8 heavy (non-hydrogen) atoms. The van der Waals surface area contributed by atoms with Crippen molar-refractivity contribution >= 4 is 5.91 Å². The molecule has 0 rings (SSSR count). The molecule has 0 unspecified atom stereocenters. The predicted molar refractivity (Wildman–Crippen MR) is 32.2 cm³/mol. The van der Waals surface area contributed by atoms with Crippen molar-refractivity contribution in [2.75, 3.05) is 0 Å². The third-order valence-electron chi connectivity index (χ3n) is 1.50. The van der Waals surface area contributed by atoms with E-state index in [1.54, 1.807) is 13.8 Å². The van der Waals surface area contributed by atoms with Gasteiger partial charge in [-0.05, 0) is 6.42 Å². The Kier molecular flexibility index (Phi) is 2.02. The van der Waals surface area contributed by atoms with Gasteiger partial charge in [-0.1, -0.05) is 20.8 Å². The van der Waals surface area contributed by atoms with Gasteiger partial charge in [0.05, 0.1) is 0 Å². The van der Waals surface area contributed by atoms with Crippen molar-refractivity contribution < 1.29 is 4.79 Å². The zero-order valence-corrected chi connectivity index (χ0v) is 5.62. The molecule has 0 aromatic heterocycles. The van der Waals surface area contributed by atoms with Gasteiger partial charge in [-0.25, -0.2) is 0 Å². The Bertz CT molecular complexity index is 96.7. The summed E-state index contributed by atoms with van der Waals surface area (Å²) < 4.78 is 0. The lowest BCUT2D eigenvalue weighted by molar-refractivity contribution is -0.126. The zero-order chi connectivity index (χ0) is 6.78. The first-order valence-electron chi connectivity index (χ1n) is 2.76. The second kappa shape index (κ2) is 2.16. The Labute approximate surface area is 50.1 Å². The largest absolute Gasteiger partial charge is 0.273 e. The van der Waals surface area contributed by atoms with E-state index in [2.05, 4.69) is 0 Å². The van der Waals surface area contributed by atoms with Gasteiger partial charge in [-0.15, -0.1) is 0 Å². The van der Waals surface area contributed by atoms with E-state index in [9.17, 15) is 4.79 Å². The molecule has 0 bridgehead atoms. The lowest BCUT2D eigenvalue weighted by Crippen LogP contribution is -2.23. The van der Waals surface area contributed by atoms with Crippen LogP contribution < -0.4 is 5.73 Å². The van der Waals surface area contributed by atoms with Crippen molar-refractivity contribution in [1.29, 1.82) is 0 Å². The SMILES string of the molecule is CCC(C)(C)C([NH])=O. The Hall–Kier alpha value is -0.530. The number of amides is 1. The minimum atomic E-state index is -0.472. The Morgan fingerprint density at radius 2 is 2.00 bits per heavy atom. The molecule has 1 N–H and O–H groups in total. The maximum atomic E-state index is 10.4. The van der Waals surface area contributed by atoms with Gasteiger partial charge in [0.1, 0.15) is 0 Å². The molecule has 2 nitrogen and oxygen atoms in total. The summed E-state index contributed by atoms with van der Waals surface area (Å²) in [4.78, 5) is 10.4. The van der Waals surface area contributed by atoms with Crippen LogP contribution in [0.15, 0.2) is 0 Å². The van der Waals surface area contributed by atoms with E-state index in [-0.39, 0.29) is 0 Å². The van der Waals surface area contributed by atoms with E-state index in [4.69, 9.17) is 5.73 Å². The van der Waals surface area contributed by atoms with Crippen molar-refractivity contribution in [2.45, 2.75) is 27.2 Å². The van der Waals surface area contributed by atoms with Gasteiger partial charge in [0.2, 0.25) is 5.91 Å². The second-order valence-electron chi connectivity index (χ2n) is 2.57. The van der Waals surface area contributed by atoms with Crippen molar-refractivity contribution in [3.05, 3.63) is 0 Å². The van der Waals surface area contributed by atoms with E-state index >= 15 is 0 Å². The molecule has 0 saturated carbocycles. The highest BCUT2D eigenvalue weighted by Gasteiger charge is 2.22. The lowest BCUT2D eigenvalue weighted by Gasteiger charge is -2.15. The molecule has 0 heterocycles. The fourth-order valence-corrected chi connectivity index (χ4v) is 0.161. The Morgan fingerprint density at radius 3 is 2.00 bits per heavy atom. The quantitative estimate of drug-likeness (QED) is 0.532. The number of nitrogens with one attached hydrogen (secondary N) is 1. The number of carbonyl (C=O) groups excluding carboxylic acids is 1. The maximum absolute atomic E-state index is 10.4. The van der Waals surface area contributed by atoms with Crippen LogP contribution in [0.3, 0.4) is 0 Å². The first kappa shape index (κ1) is 7.47. The van der Waals surface area contributed by atoms with Crippen molar-refractivity contribution in [3.63, 3.8) is 0 Å². The molecule has 0 aromatic rings. The van der Waals surface area contributed by atoms with Crippen LogP contribution in [-0.4, -0.2) is 5.91 Å². The number of hydrogen-bond acceptors (Lipinski definition) is 1. The van der Waals surface area contributed by atoms with Crippen LogP contribution in [0, 0.1) is 5.41 Å². The monoisotopic (exact) mass is 114 g/mol. The molecule has 0 aliphatic heterocycles. The first-order chi connectivity index (χ1) is 3.50. The van der Waals surface area contributed by atoms with Gasteiger partial charge < -0.3 is 0 Å². The summed E-state index contributed by atoms with van der Waals surface area (Å²) in [6, 6.07) is 0. The number of hydrogen-bond donors (Lipinski definition) is 0. The van der Waals surface area contributed by atoms with Crippen LogP contribution in [0.4, 0.5) is 0 Å². The van der Waals surface area contributed by atoms with Gasteiger partial charge >= 0.3 is 0 Å². The van der Waals surface area contributed by atoms with Crippen molar-refractivity contribution in [1.82, 2.24) is 5.73 Å². The Morgan fingerprint density at radius 1 is 1.62 bits per heavy atom. The molecular formula is C6H12NO. The smallest absolute Gasteiger partial charge is 0.244 e. The topological polar surface area (TPSA) is 40.9 Å². The predicted octanol–water partition coefficient (Wildman–Crippen LogP) is 1.23. The van der Waals surface area contributed by atoms with Crippen LogP contribution in [0.2, 0.25) is 0 Å². The molecule has 0 fully saturated rings. The molecule has 0 atom stereocenters. The molecule has 47 valence electrons. The standard InChI is InChI=1S/C6H12NO/c1-4-6(2,3)5(7)8/h7H,4H2,1-3H3.